The van der Waals surface area contributed by atoms with Gasteiger partial charge in [0.2, 0.25) is 5.91 Å². The van der Waals surface area contributed by atoms with Crippen molar-refractivity contribution in [3.63, 3.8) is 0 Å². The maximum Gasteiger partial charge on any atom is 0.306 e. The third-order valence-electron chi connectivity index (χ3n) is 3.45. The zero-order valence-electron chi connectivity index (χ0n) is 11.4. The third kappa shape index (κ3) is 4.35. The van der Waals surface area contributed by atoms with Crippen LogP contribution in [0.2, 0.25) is 0 Å². The van der Waals surface area contributed by atoms with Gasteiger partial charge in [-0.2, -0.15) is 0 Å². The number of hydrogen-bond acceptors (Lipinski definition) is 4. The number of nitrogen functional groups attached to an aromatic ring is 1. The van der Waals surface area contributed by atoms with Crippen molar-refractivity contribution in [1.82, 2.24) is 4.90 Å². The molecule has 1 saturated heterocycles. The first kappa shape index (κ1) is 15.6. The first-order chi connectivity index (χ1) is 9.95. The van der Waals surface area contributed by atoms with Crippen LogP contribution in [0.15, 0.2) is 23.1 Å². The van der Waals surface area contributed by atoms with Gasteiger partial charge in [-0.1, -0.05) is 0 Å². The molecule has 21 heavy (non-hydrogen) atoms. The van der Waals surface area contributed by atoms with Crippen LogP contribution >= 0.6 is 11.8 Å². The van der Waals surface area contributed by atoms with Gasteiger partial charge in [-0.15, -0.1) is 11.8 Å². The standard InChI is InChI=1S/C14H17FN2O3S/c15-10-5-11(16)7-12(6-10)21-8-13(18)17-3-1-9(2-4-17)14(19)20/h5-7,9H,1-4,8,16H2,(H,19,20). The molecule has 7 heteroatoms. The van der Waals surface area contributed by atoms with Crippen molar-refractivity contribution in [3.05, 3.63) is 24.0 Å². The summed E-state index contributed by atoms with van der Waals surface area (Å²) in [5, 5.41) is 8.91. The second kappa shape index (κ2) is 6.80. The normalized spacial score (nSPS) is 16.0. The largest absolute Gasteiger partial charge is 0.481 e. The van der Waals surface area contributed by atoms with Crippen LogP contribution in [-0.2, 0) is 9.59 Å². The van der Waals surface area contributed by atoms with Crippen molar-refractivity contribution in [2.75, 3.05) is 24.6 Å². The molecule has 5 nitrogen and oxygen atoms in total. The number of likely N-dealkylation sites (tertiary alicyclic amines) is 1. The molecule has 0 bridgehead atoms. The Kier molecular flexibility index (Phi) is 5.06. The van der Waals surface area contributed by atoms with E-state index in [1.54, 1.807) is 11.0 Å². The molecule has 1 aromatic rings. The lowest BCUT2D eigenvalue weighted by Gasteiger charge is -2.30. The van der Waals surface area contributed by atoms with E-state index in [0.29, 0.717) is 36.5 Å². The van der Waals surface area contributed by atoms with E-state index in [0.717, 1.165) is 0 Å². The zero-order valence-corrected chi connectivity index (χ0v) is 12.2. The van der Waals surface area contributed by atoms with Gasteiger partial charge in [-0.3, -0.25) is 9.59 Å². The van der Waals surface area contributed by atoms with E-state index < -0.39 is 11.8 Å². The Hall–Kier alpha value is -1.76. The highest BCUT2D eigenvalue weighted by atomic mass is 32.2. The summed E-state index contributed by atoms with van der Waals surface area (Å²) in [6.07, 6.45) is 0.970. The van der Waals surface area contributed by atoms with Crippen molar-refractivity contribution in [2.45, 2.75) is 17.7 Å². The van der Waals surface area contributed by atoms with Crippen LogP contribution in [0.25, 0.3) is 0 Å². The Labute approximate surface area is 126 Å². The van der Waals surface area contributed by atoms with Gasteiger partial charge in [0.15, 0.2) is 0 Å². The van der Waals surface area contributed by atoms with E-state index in [2.05, 4.69) is 0 Å². The molecule has 0 unspecified atom stereocenters. The summed E-state index contributed by atoms with van der Waals surface area (Å²) in [5.41, 5.74) is 5.87. The summed E-state index contributed by atoms with van der Waals surface area (Å²) in [4.78, 5) is 25.2. The number of rotatable bonds is 4. The highest BCUT2D eigenvalue weighted by molar-refractivity contribution is 8.00. The fourth-order valence-electron chi connectivity index (χ4n) is 2.28. The molecule has 1 aliphatic rings. The first-order valence-electron chi connectivity index (χ1n) is 6.65. The van der Waals surface area contributed by atoms with Gasteiger partial charge in [0.25, 0.3) is 0 Å². The highest BCUT2D eigenvalue weighted by Crippen LogP contribution is 2.24. The van der Waals surface area contributed by atoms with Crippen LogP contribution in [0.3, 0.4) is 0 Å². The van der Waals surface area contributed by atoms with E-state index in [4.69, 9.17) is 10.8 Å². The molecule has 1 aromatic carbocycles. The van der Waals surface area contributed by atoms with Crippen LogP contribution in [-0.4, -0.2) is 40.7 Å². The number of carboxylic acids is 1. The molecule has 0 atom stereocenters. The molecule has 1 aliphatic heterocycles. The summed E-state index contributed by atoms with van der Waals surface area (Å²) >= 11 is 1.23. The number of piperidine rings is 1. The van der Waals surface area contributed by atoms with Gasteiger partial charge in [-0.25, -0.2) is 4.39 Å². The lowest BCUT2D eigenvalue weighted by molar-refractivity contribution is -0.145. The molecule has 0 spiro atoms. The molecule has 1 heterocycles. The van der Waals surface area contributed by atoms with Crippen LogP contribution in [0.5, 0.6) is 0 Å². The van der Waals surface area contributed by atoms with Gasteiger partial charge in [0, 0.05) is 23.7 Å². The number of thioether (sulfide) groups is 1. The smallest absolute Gasteiger partial charge is 0.306 e. The third-order valence-corrected chi connectivity index (χ3v) is 4.41. The summed E-state index contributed by atoms with van der Waals surface area (Å²) in [5.74, 6) is -1.45. The Bertz CT molecular complexity index is 525. The number of hydrogen-bond donors (Lipinski definition) is 2. The minimum atomic E-state index is -0.799. The zero-order chi connectivity index (χ0) is 15.4. The van der Waals surface area contributed by atoms with Crippen molar-refractivity contribution in [3.8, 4) is 0 Å². The Morgan fingerprint density at radius 1 is 1.33 bits per heavy atom. The number of carboxylic acid groups (broad SMARTS) is 1. The highest BCUT2D eigenvalue weighted by Gasteiger charge is 2.26. The average Bonchev–Trinajstić information content (AvgIpc) is 2.44. The topological polar surface area (TPSA) is 83.6 Å². The number of carbonyl (C=O) groups is 2. The van der Waals surface area contributed by atoms with Crippen LogP contribution in [0.1, 0.15) is 12.8 Å². The van der Waals surface area contributed by atoms with E-state index >= 15 is 0 Å². The van der Waals surface area contributed by atoms with Gasteiger partial charge >= 0.3 is 5.97 Å². The van der Waals surface area contributed by atoms with Crippen molar-refractivity contribution in [1.29, 1.82) is 0 Å². The van der Waals surface area contributed by atoms with Crippen molar-refractivity contribution < 1.29 is 19.1 Å². The van der Waals surface area contributed by atoms with Gasteiger partial charge in [0.05, 0.1) is 11.7 Å². The molecule has 0 saturated carbocycles. The number of aliphatic carboxylic acids is 1. The Morgan fingerprint density at radius 2 is 2.00 bits per heavy atom. The number of amides is 1. The monoisotopic (exact) mass is 312 g/mol. The molecule has 3 N–H and O–H groups in total. The number of nitrogens with two attached hydrogens (primary N) is 1. The Morgan fingerprint density at radius 3 is 2.57 bits per heavy atom. The molecular formula is C14H17FN2O3S. The number of anilines is 1. The molecule has 1 amide bonds. The van der Waals surface area contributed by atoms with Gasteiger partial charge in [0.1, 0.15) is 5.82 Å². The number of carbonyl (C=O) groups excluding carboxylic acids is 1. The van der Waals surface area contributed by atoms with E-state index in [9.17, 15) is 14.0 Å². The fraction of sp³-hybridized carbons (Fsp3) is 0.429. The fourth-order valence-corrected chi connectivity index (χ4v) is 3.17. The maximum atomic E-state index is 13.2. The quantitative estimate of drug-likeness (QED) is 0.654. The number of benzene rings is 1. The SMILES string of the molecule is Nc1cc(F)cc(SCC(=O)N2CCC(C(=O)O)CC2)c1. The molecule has 0 radical (unpaired) electrons. The van der Waals surface area contributed by atoms with Crippen LogP contribution in [0.4, 0.5) is 10.1 Å². The van der Waals surface area contributed by atoms with E-state index in [-0.39, 0.29) is 17.6 Å². The van der Waals surface area contributed by atoms with Crippen molar-refractivity contribution >= 4 is 29.3 Å². The molecule has 0 aromatic heterocycles. The molecule has 114 valence electrons. The summed E-state index contributed by atoms with van der Waals surface area (Å²) < 4.78 is 13.2. The molecule has 2 rings (SSSR count). The molecular weight excluding hydrogens is 295 g/mol. The van der Waals surface area contributed by atoms with E-state index in [1.165, 1.54) is 23.9 Å². The summed E-state index contributed by atoms with van der Waals surface area (Å²) in [6.45, 7) is 0.920. The minimum Gasteiger partial charge on any atom is -0.481 e. The van der Waals surface area contributed by atoms with Crippen LogP contribution < -0.4 is 5.73 Å². The minimum absolute atomic E-state index is 0.0633. The predicted molar refractivity (Wildman–Crippen MR) is 78.5 cm³/mol. The second-order valence-corrected chi connectivity index (χ2v) is 6.05. The van der Waals surface area contributed by atoms with E-state index in [1.807, 2.05) is 0 Å². The summed E-state index contributed by atoms with van der Waals surface area (Å²) in [6, 6.07) is 4.19. The Balaban J connectivity index is 1.84. The second-order valence-electron chi connectivity index (χ2n) is 5.00. The van der Waals surface area contributed by atoms with Gasteiger partial charge < -0.3 is 15.7 Å². The lowest BCUT2D eigenvalue weighted by atomic mass is 9.97. The first-order valence-corrected chi connectivity index (χ1v) is 7.63. The van der Waals surface area contributed by atoms with Crippen molar-refractivity contribution in [2.24, 2.45) is 5.92 Å². The molecule has 0 aliphatic carbocycles. The summed E-state index contributed by atoms with van der Waals surface area (Å²) in [7, 11) is 0. The maximum absolute atomic E-state index is 13.2. The number of nitrogens with zero attached hydrogens (tertiary/aromatic N) is 1. The molecule has 1 fully saturated rings. The predicted octanol–water partition coefficient (Wildman–Crippen LogP) is 1.82. The van der Waals surface area contributed by atoms with Crippen LogP contribution in [0, 0.1) is 11.7 Å². The van der Waals surface area contributed by atoms with Gasteiger partial charge in [-0.05, 0) is 31.0 Å². The lowest BCUT2D eigenvalue weighted by Crippen LogP contribution is -2.41. The number of halogens is 1. The average molecular weight is 312 g/mol.